The lowest BCUT2D eigenvalue weighted by molar-refractivity contribution is -0.142. The van der Waals surface area contributed by atoms with Gasteiger partial charge in [0.05, 0.1) is 0 Å². The number of piperazine rings is 1. The average Bonchev–Trinajstić information content (AvgIpc) is 2.49. The number of hydrazine groups is 1. The van der Waals surface area contributed by atoms with Gasteiger partial charge in [0.15, 0.2) is 0 Å². The second-order valence-electron chi connectivity index (χ2n) is 5.37. The molecule has 0 bridgehead atoms. The highest BCUT2D eigenvalue weighted by atomic mass is 16.2. The fourth-order valence-electron chi connectivity index (χ4n) is 2.24. The van der Waals surface area contributed by atoms with Gasteiger partial charge in [-0.3, -0.25) is 15.0 Å². The van der Waals surface area contributed by atoms with Gasteiger partial charge in [0.25, 0.3) is 0 Å². The summed E-state index contributed by atoms with van der Waals surface area (Å²) < 4.78 is 0. The molecule has 122 valence electrons. The summed E-state index contributed by atoms with van der Waals surface area (Å²) in [6, 6.07) is 0. The van der Waals surface area contributed by atoms with Crippen LogP contribution in [0.1, 0.15) is 20.3 Å². The van der Waals surface area contributed by atoms with Crippen molar-refractivity contribution in [3.63, 3.8) is 0 Å². The van der Waals surface area contributed by atoms with E-state index in [1.807, 2.05) is 7.05 Å². The molecule has 2 amide bonds. The maximum Gasteiger partial charge on any atom is 0.323 e. The van der Waals surface area contributed by atoms with Gasteiger partial charge in [-0.25, -0.2) is 5.01 Å². The Hall–Kier alpha value is -1.18. The van der Waals surface area contributed by atoms with Gasteiger partial charge in [-0.1, -0.05) is 13.8 Å². The molecule has 1 saturated heterocycles. The number of likely N-dealkylation sites (N-methyl/N-ethyl adjacent to an activating group) is 1. The number of nitrogens with one attached hydrogen (secondary N) is 2. The SMILES string of the molecule is CCN(CC)CCCNC(=O)C(=O)NN1CCN(C)CC1. The van der Waals surface area contributed by atoms with Gasteiger partial charge in [0, 0.05) is 32.7 Å². The first-order valence-corrected chi connectivity index (χ1v) is 7.81. The lowest BCUT2D eigenvalue weighted by Crippen LogP contribution is -2.55. The maximum absolute atomic E-state index is 11.7. The van der Waals surface area contributed by atoms with Gasteiger partial charge < -0.3 is 15.1 Å². The van der Waals surface area contributed by atoms with Crippen LogP contribution in [0, 0.1) is 0 Å². The third kappa shape index (κ3) is 6.88. The predicted octanol–water partition coefficient (Wildman–Crippen LogP) is -0.887. The monoisotopic (exact) mass is 299 g/mol. The minimum absolute atomic E-state index is 0.533. The molecule has 1 heterocycles. The minimum Gasteiger partial charge on any atom is -0.348 e. The smallest absolute Gasteiger partial charge is 0.323 e. The standard InChI is InChI=1S/C14H29N5O2/c1-4-18(5-2)8-6-7-15-13(20)14(21)16-19-11-9-17(3)10-12-19/h4-12H2,1-3H3,(H,15,20)(H,16,21). The van der Waals surface area contributed by atoms with Gasteiger partial charge in [-0.15, -0.1) is 0 Å². The molecule has 0 unspecified atom stereocenters. The molecule has 0 aromatic carbocycles. The molecule has 2 N–H and O–H groups in total. The van der Waals surface area contributed by atoms with Crippen LogP contribution in [0.4, 0.5) is 0 Å². The number of rotatable bonds is 7. The van der Waals surface area contributed by atoms with E-state index in [1.165, 1.54) is 0 Å². The van der Waals surface area contributed by atoms with Gasteiger partial charge in [-0.05, 0) is 33.1 Å². The van der Waals surface area contributed by atoms with Crippen LogP contribution in [0.25, 0.3) is 0 Å². The summed E-state index contributed by atoms with van der Waals surface area (Å²) in [6.07, 6.45) is 0.856. The number of hydrogen-bond acceptors (Lipinski definition) is 5. The van der Waals surface area contributed by atoms with Crippen molar-refractivity contribution < 1.29 is 9.59 Å². The second-order valence-corrected chi connectivity index (χ2v) is 5.37. The Bertz CT molecular complexity index is 325. The van der Waals surface area contributed by atoms with E-state index in [1.54, 1.807) is 5.01 Å². The summed E-state index contributed by atoms with van der Waals surface area (Å²) in [5.74, 6) is -1.11. The molecule has 1 aliphatic rings. The van der Waals surface area contributed by atoms with Crippen LogP contribution in [0.15, 0.2) is 0 Å². The Morgan fingerprint density at radius 2 is 1.67 bits per heavy atom. The van der Waals surface area contributed by atoms with E-state index in [-0.39, 0.29) is 0 Å². The van der Waals surface area contributed by atoms with E-state index in [2.05, 4.69) is 34.4 Å². The molecule has 0 aromatic heterocycles. The molecule has 0 aromatic rings. The van der Waals surface area contributed by atoms with E-state index in [0.29, 0.717) is 6.54 Å². The zero-order chi connectivity index (χ0) is 15.7. The molecule has 0 spiro atoms. The summed E-state index contributed by atoms with van der Waals surface area (Å²) in [7, 11) is 2.04. The summed E-state index contributed by atoms with van der Waals surface area (Å²) in [5.41, 5.74) is 2.66. The van der Waals surface area contributed by atoms with Crippen LogP contribution in [0.5, 0.6) is 0 Å². The molecular formula is C14H29N5O2. The minimum atomic E-state index is -0.567. The highest BCUT2D eigenvalue weighted by Gasteiger charge is 2.19. The van der Waals surface area contributed by atoms with Crippen LogP contribution < -0.4 is 10.7 Å². The first-order chi connectivity index (χ1) is 10.1. The van der Waals surface area contributed by atoms with E-state index >= 15 is 0 Å². The molecule has 7 nitrogen and oxygen atoms in total. The van der Waals surface area contributed by atoms with Crippen molar-refractivity contribution in [2.45, 2.75) is 20.3 Å². The molecule has 7 heteroatoms. The first-order valence-electron chi connectivity index (χ1n) is 7.81. The molecule has 0 atom stereocenters. The third-order valence-corrected chi connectivity index (χ3v) is 3.80. The number of carbonyl (C=O) groups is 2. The Labute approximate surface area is 127 Å². The van der Waals surface area contributed by atoms with Gasteiger partial charge >= 0.3 is 11.8 Å². The number of hydrogen-bond donors (Lipinski definition) is 2. The lowest BCUT2D eigenvalue weighted by Gasteiger charge is -2.32. The summed E-state index contributed by atoms with van der Waals surface area (Å²) in [5, 5.41) is 4.47. The van der Waals surface area contributed by atoms with Crippen molar-refractivity contribution in [1.29, 1.82) is 0 Å². The Morgan fingerprint density at radius 1 is 1.05 bits per heavy atom. The average molecular weight is 299 g/mol. The molecule has 1 fully saturated rings. The predicted molar refractivity (Wildman–Crippen MR) is 82.6 cm³/mol. The maximum atomic E-state index is 11.7. The van der Waals surface area contributed by atoms with Crippen LogP contribution in [0.2, 0.25) is 0 Å². The van der Waals surface area contributed by atoms with E-state index in [4.69, 9.17) is 0 Å². The Morgan fingerprint density at radius 3 is 2.24 bits per heavy atom. The van der Waals surface area contributed by atoms with Crippen molar-refractivity contribution in [3.05, 3.63) is 0 Å². The van der Waals surface area contributed by atoms with E-state index < -0.39 is 11.8 Å². The van der Waals surface area contributed by atoms with E-state index in [9.17, 15) is 9.59 Å². The lowest BCUT2D eigenvalue weighted by atomic mass is 10.3. The number of nitrogens with zero attached hydrogens (tertiary/aromatic N) is 3. The zero-order valence-electron chi connectivity index (χ0n) is 13.5. The topological polar surface area (TPSA) is 67.9 Å². The van der Waals surface area contributed by atoms with Crippen molar-refractivity contribution in [2.75, 3.05) is 59.4 Å². The fraction of sp³-hybridized carbons (Fsp3) is 0.857. The quantitative estimate of drug-likeness (QED) is 0.472. The molecule has 1 aliphatic heterocycles. The summed E-state index contributed by atoms with van der Waals surface area (Å²) in [4.78, 5) is 27.9. The Kier molecular flexibility index (Phi) is 8.26. The first kappa shape index (κ1) is 17.9. The summed E-state index contributed by atoms with van der Waals surface area (Å²) in [6.45, 7) is 11.0. The van der Waals surface area contributed by atoms with E-state index in [0.717, 1.165) is 52.2 Å². The number of carbonyl (C=O) groups excluding carboxylic acids is 2. The largest absolute Gasteiger partial charge is 0.348 e. The van der Waals surface area contributed by atoms with Gasteiger partial charge in [0.1, 0.15) is 0 Å². The normalized spacial score (nSPS) is 17.0. The third-order valence-electron chi connectivity index (χ3n) is 3.80. The highest BCUT2D eigenvalue weighted by molar-refractivity contribution is 6.34. The molecule has 0 saturated carbocycles. The molecule has 1 rings (SSSR count). The van der Waals surface area contributed by atoms with Crippen molar-refractivity contribution in [2.24, 2.45) is 0 Å². The number of amides is 2. The zero-order valence-corrected chi connectivity index (χ0v) is 13.5. The van der Waals surface area contributed by atoms with Gasteiger partial charge in [0.2, 0.25) is 0 Å². The van der Waals surface area contributed by atoms with Gasteiger partial charge in [-0.2, -0.15) is 0 Å². The molecular weight excluding hydrogens is 270 g/mol. The van der Waals surface area contributed by atoms with Crippen molar-refractivity contribution in [1.82, 2.24) is 25.6 Å². The van der Waals surface area contributed by atoms with Crippen LogP contribution >= 0.6 is 0 Å². The van der Waals surface area contributed by atoms with Crippen molar-refractivity contribution >= 4 is 11.8 Å². The van der Waals surface area contributed by atoms with Crippen LogP contribution in [-0.2, 0) is 9.59 Å². The molecule has 0 radical (unpaired) electrons. The molecule has 0 aliphatic carbocycles. The van der Waals surface area contributed by atoms with Crippen molar-refractivity contribution in [3.8, 4) is 0 Å². The fourth-order valence-corrected chi connectivity index (χ4v) is 2.24. The highest BCUT2D eigenvalue weighted by Crippen LogP contribution is 1.95. The second kappa shape index (κ2) is 9.70. The summed E-state index contributed by atoms with van der Waals surface area (Å²) >= 11 is 0. The Balaban J connectivity index is 2.15. The van der Waals surface area contributed by atoms with Crippen LogP contribution in [0.3, 0.4) is 0 Å². The van der Waals surface area contributed by atoms with Crippen LogP contribution in [-0.4, -0.2) is 86.0 Å². The molecule has 21 heavy (non-hydrogen) atoms.